The van der Waals surface area contributed by atoms with E-state index in [1.807, 2.05) is 12.3 Å². The number of rotatable bonds is 2. The molecule has 1 unspecified atom stereocenters. The van der Waals surface area contributed by atoms with E-state index >= 15 is 0 Å². The summed E-state index contributed by atoms with van der Waals surface area (Å²) in [6.45, 7) is 1.57. The lowest BCUT2D eigenvalue weighted by Crippen LogP contribution is -2.53. The van der Waals surface area contributed by atoms with Gasteiger partial charge in [0.05, 0.1) is 11.9 Å². The number of likely N-dealkylation sites (tertiary alicyclic amines) is 1. The van der Waals surface area contributed by atoms with Crippen LogP contribution in [-0.4, -0.2) is 42.3 Å². The van der Waals surface area contributed by atoms with Crippen molar-refractivity contribution in [1.82, 2.24) is 15.5 Å². The predicted octanol–water partition coefficient (Wildman–Crippen LogP) is -0.735. The van der Waals surface area contributed by atoms with Crippen LogP contribution in [0.15, 0.2) is 28.7 Å². The van der Waals surface area contributed by atoms with Gasteiger partial charge in [0.25, 0.3) is 0 Å². The Morgan fingerprint density at radius 3 is 3.00 bits per heavy atom. The summed E-state index contributed by atoms with van der Waals surface area (Å²) in [6, 6.07) is 0. The van der Waals surface area contributed by atoms with Crippen molar-refractivity contribution >= 4 is 12.6 Å². The Balaban J connectivity index is 1.77. The Bertz CT molecular complexity index is 445. The van der Waals surface area contributed by atoms with Crippen molar-refractivity contribution in [2.24, 2.45) is 10.7 Å². The fourth-order valence-corrected chi connectivity index (χ4v) is 2.54. The molecule has 0 radical (unpaired) electrons. The van der Waals surface area contributed by atoms with Crippen LogP contribution >= 0.6 is 0 Å². The van der Waals surface area contributed by atoms with Crippen molar-refractivity contribution in [3.05, 3.63) is 23.7 Å². The molecule has 1 saturated heterocycles. The van der Waals surface area contributed by atoms with Gasteiger partial charge < -0.3 is 26.1 Å². The van der Waals surface area contributed by atoms with Gasteiger partial charge in [0.15, 0.2) is 0 Å². The summed E-state index contributed by atoms with van der Waals surface area (Å²) in [7, 11) is 0. The van der Waals surface area contributed by atoms with Crippen LogP contribution in [0.4, 0.5) is 0 Å². The Kier molecular flexibility index (Phi) is 2.59. The van der Waals surface area contributed by atoms with E-state index in [0.29, 0.717) is 12.8 Å². The highest BCUT2D eigenvalue weighted by Crippen LogP contribution is 2.25. The van der Waals surface area contributed by atoms with Gasteiger partial charge in [0.1, 0.15) is 18.3 Å². The standard InChI is InChI=1S/C12H17N5O/c13-12(7-18)2-5-17(6-3-12)11-9-1-4-14-10(9)15-8-16-11/h1,4,7-8,10,14H,2-3,5-6,13H2,(H,15,16). The van der Waals surface area contributed by atoms with Gasteiger partial charge in [0, 0.05) is 18.7 Å². The maximum absolute atomic E-state index is 10.9. The third-order valence-corrected chi connectivity index (χ3v) is 3.76. The predicted molar refractivity (Wildman–Crippen MR) is 68.5 cm³/mol. The molecule has 6 heteroatoms. The lowest BCUT2D eigenvalue weighted by Gasteiger charge is -2.39. The highest BCUT2D eigenvalue weighted by molar-refractivity contribution is 5.65. The molecule has 96 valence electrons. The van der Waals surface area contributed by atoms with Crippen molar-refractivity contribution in [2.75, 3.05) is 13.1 Å². The summed E-state index contributed by atoms with van der Waals surface area (Å²) in [5.41, 5.74) is 6.47. The highest BCUT2D eigenvalue weighted by Gasteiger charge is 2.33. The van der Waals surface area contributed by atoms with Gasteiger partial charge in [-0.25, -0.2) is 4.99 Å². The molecule has 0 spiro atoms. The maximum Gasteiger partial charge on any atom is 0.149 e. The van der Waals surface area contributed by atoms with E-state index < -0.39 is 5.54 Å². The van der Waals surface area contributed by atoms with Crippen molar-refractivity contribution in [1.29, 1.82) is 0 Å². The molecule has 0 aliphatic carbocycles. The molecule has 0 aromatic rings. The zero-order valence-electron chi connectivity index (χ0n) is 10.1. The third kappa shape index (κ3) is 1.78. The monoisotopic (exact) mass is 247 g/mol. The molecule has 0 amide bonds. The summed E-state index contributed by atoms with van der Waals surface area (Å²) in [6.07, 6.45) is 7.95. The SMILES string of the molecule is NC1(C=O)CCN(C2=C3C=CNC3N=CN2)CC1. The minimum Gasteiger partial charge on any atom is -0.366 e. The largest absolute Gasteiger partial charge is 0.366 e. The summed E-state index contributed by atoms with van der Waals surface area (Å²) < 4.78 is 0. The molecular weight excluding hydrogens is 230 g/mol. The first-order valence-electron chi connectivity index (χ1n) is 6.17. The molecule has 0 bridgehead atoms. The zero-order chi connectivity index (χ0) is 12.6. The summed E-state index contributed by atoms with van der Waals surface area (Å²) >= 11 is 0. The van der Waals surface area contributed by atoms with Gasteiger partial charge in [-0.05, 0) is 25.1 Å². The van der Waals surface area contributed by atoms with Crippen LogP contribution in [0.3, 0.4) is 0 Å². The lowest BCUT2D eigenvalue weighted by atomic mass is 9.90. The smallest absolute Gasteiger partial charge is 0.149 e. The van der Waals surface area contributed by atoms with Gasteiger partial charge >= 0.3 is 0 Å². The fourth-order valence-electron chi connectivity index (χ4n) is 2.54. The summed E-state index contributed by atoms with van der Waals surface area (Å²) in [4.78, 5) is 17.5. The molecule has 3 rings (SSSR count). The first-order chi connectivity index (χ1) is 8.72. The van der Waals surface area contributed by atoms with E-state index in [9.17, 15) is 4.79 Å². The van der Waals surface area contributed by atoms with Gasteiger partial charge in [-0.2, -0.15) is 0 Å². The molecule has 0 aromatic heterocycles. The number of fused-ring (bicyclic) bond motifs is 1. The van der Waals surface area contributed by atoms with E-state index in [-0.39, 0.29) is 6.17 Å². The molecule has 3 aliphatic heterocycles. The number of carbonyl (C=O) groups is 1. The van der Waals surface area contributed by atoms with Crippen molar-refractivity contribution in [2.45, 2.75) is 24.5 Å². The number of aliphatic imine (C=N–C) groups is 1. The normalized spacial score (nSPS) is 28.7. The van der Waals surface area contributed by atoms with Crippen LogP contribution in [0.25, 0.3) is 0 Å². The molecule has 0 aromatic carbocycles. The molecule has 1 atom stereocenters. The van der Waals surface area contributed by atoms with Gasteiger partial charge in [0.2, 0.25) is 0 Å². The molecular formula is C12H17N5O. The first kappa shape index (κ1) is 11.3. The van der Waals surface area contributed by atoms with E-state index in [1.54, 1.807) is 6.34 Å². The number of hydrogen-bond donors (Lipinski definition) is 3. The highest BCUT2D eigenvalue weighted by atomic mass is 16.1. The van der Waals surface area contributed by atoms with E-state index in [1.165, 1.54) is 0 Å². The quantitative estimate of drug-likeness (QED) is 0.560. The van der Waals surface area contributed by atoms with Gasteiger partial charge in [-0.1, -0.05) is 0 Å². The summed E-state index contributed by atoms with van der Waals surface area (Å²) in [5, 5.41) is 6.37. The number of nitrogens with zero attached hydrogens (tertiary/aromatic N) is 2. The number of nitrogens with two attached hydrogens (primary N) is 1. The average Bonchev–Trinajstić information content (AvgIpc) is 2.88. The number of nitrogens with one attached hydrogen (secondary N) is 2. The third-order valence-electron chi connectivity index (χ3n) is 3.76. The van der Waals surface area contributed by atoms with E-state index in [2.05, 4.69) is 20.5 Å². The van der Waals surface area contributed by atoms with E-state index in [0.717, 1.165) is 30.8 Å². The number of carbonyl (C=O) groups excluding carboxylic acids is 1. The van der Waals surface area contributed by atoms with Crippen molar-refractivity contribution < 1.29 is 4.79 Å². The lowest BCUT2D eigenvalue weighted by molar-refractivity contribution is -0.113. The maximum atomic E-state index is 10.9. The molecule has 4 N–H and O–H groups in total. The molecule has 1 fully saturated rings. The Hall–Kier alpha value is -1.82. The Morgan fingerprint density at radius 1 is 1.50 bits per heavy atom. The minimum atomic E-state index is -0.645. The molecule has 18 heavy (non-hydrogen) atoms. The first-order valence-corrected chi connectivity index (χ1v) is 6.17. The molecule has 0 saturated carbocycles. The summed E-state index contributed by atoms with van der Waals surface area (Å²) in [5.74, 6) is 1.07. The van der Waals surface area contributed by atoms with Crippen molar-refractivity contribution in [3.8, 4) is 0 Å². The number of aldehydes is 1. The van der Waals surface area contributed by atoms with Crippen LogP contribution in [0, 0.1) is 0 Å². The molecule has 6 nitrogen and oxygen atoms in total. The average molecular weight is 247 g/mol. The van der Waals surface area contributed by atoms with Crippen LogP contribution in [0.1, 0.15) is 12.8 Å². The Morgan fingerprint density at radius 2 is 2.28 bits per heavy atom. The van der Waals surface area contributed by atoms with Gasteiger partial charge in [-0.3, -0.25) is 0 Å². The van der Waals surface area contributed by atoms with E-state index in [4.69, 9.17) is 5.73 Å². The minimum absolute atomic E-state index is 0.0249. The number of hydrogen-bond acceptors (Lipinski definition) is 6. The Labute approximate surface area is 106 Å². The van der Waals surface area contributed by atoms with Crippen LogP contribution in [-0.2, 0) is 4.79 Å². The van der Waals surface area contributed by atoms with Crippen LogP contribution < -0.4 is 16.4 Å². The fraction of sp³-hybridized carbons (Fsp3) is 0.500. The molecule has 3 aliphatic rings. The topological polar surface area (TPSA) is 82.8 Å². The number of piperidine rings is 1. The zero-order valence-corrected chi connectivity index (χ0v) is 10.1. The van der Waals surface area contributed by atoms with Crippen LogP contribution in [0.2, 0.25) is 0 Å². The second kappa shape index (κ2) is 4.13. The molecule has 3 heterocycles. The van der Waals surface area contributed by atoms with Crippen LogP contribution in [0.5, 0.6) is 0 Å². The second-order valence-electron chi connectivity index (χ2n) is 4.97. The second-order valence-corrected chi connectivity index (χ2v) is 4.97. The van der Waals surface area contributed by atoms with Gasteiger partial charge in [-0.15, -0.1) is 0 Å². The van der Waals surface area contributed by atoms with Crippen molar-refractivity contribution in [3.63, 3.8) is 0 Å².